The second-order valence-electron chi connectivity index (χ2n) is 7.26. The normalized spacial score (nSPS) is 15.3. The molecule has 0 bridgehead atoms. The average molecular weight is 408 g/mol. The number of carbonyl (C=O) groups is 1. The monoisotopic (exact) mass is 407 g/mol. The lowest BCUT2D eigenvalue weighted by Gasteiger charge is -2.28. The molecule has 2 aromatic heterocycles. The van der Waals surface area contributed by atoms with E-state index in [0.29, 0.717) is 6.54 Å². The summed E-state index contributed by atoms with van der Waals surface area (Å²) in [5.74, 6) is 0.978. The molecule has 1 fully saturated rings. The second kappa shape index (κ2) is 9.22. The smallest absolute Gasteiger partial charge is 0.235 e. The fourth-order valence-electron chi connectivity index (χ4n) is 3.58. The van der Waals surface area contributed by atoms with Crippen LogP contribution in [0.25, 0.3) is 11.4 Å². The second-order valence-corrected chi connectivity index (χ2v) is 8.57. The van der Waals surface area contributed by atoms with E-state index in [1.54, 1.807) is 12.4 Å². The van der Waals surface area contributed by atoms with E-state index in [0.717, 1.165) is 42.5 Å². The number of piperidine rings is 1. The molecular weight excluding hydrogens is 382 g/mol. The van der Waals surface area contributed by atoms with Gasteiger partial charge in [-0.25, -0.2) is 0 Å². The number of pyridine rings is 1. The van der Waals surface area contributed by atoms with Gasteiger partial charge in [-0.2, -0.15) is 0 Å². The maximum absolute atomic E-state index is 12.9. The number of likely N-dealkylation sites (tertiary alicyclic amines) is 1. The lowest BCUT2D eigenvalue weighted by molar-refractivity contribution is -0.131. The van der Waals surface area contributed by atoms with E-state index >= 15 is 0 Å². The van der Waals surface area contributed by atoms with Crippen LogP contribution in [-0.2, 0) is 11.3 Å². The fourth-order valence-corrected chi connectivity index (χ4v) is 4.51. The Morgan fingerprint density at radius 2 is 1.76 bits per heavy atom. The Kier molecular flexibility index (Phi) is 6.24. The van der Waals surface area contributed by atoms with Crippen molar-refractivity contribution in [2.24, 2.45) is 0 Å². The van der Waals surface area contributed by atoms with E-state index in [-0.39, 0.29) is 11.2 Å². The Morgan fingerprint density at radius 3 is 2.48 bits per heavy atom. The first-order chi connectivity index (χ1) is 14.2. The molecule has 1 aliphatic rings. The molecule has 3 heterocycles. The van der Waals surface area contributed by atoms with Crippen LogP contribution in [0.4, 0.5) is 0 Å². The van der Waals surface area contributed by atoms with Gasteiger partial charge in [0.25, 0.3) is 0 Å². The Balaban J connectivity index is 1.60. The van der Waals surface area contributed by atoms with Gasteiger partial charge in [-0.1, -0.05) is 42.1 Å². The fraction of sp³-hybridized carbons (Fsp3) is 0.364. The van der Waals surface area contributed by atoms with Crippen LogP contribution in [0.15, 0.2) is 60.0 Å². The van der Waals surface area contributed by atoms with Gasteiger partial charge < -0.3 is 4.90 Å². The largest absolute Gasteiger partial charge is 0.342 e. The molecule has 0 unspecified atom stereocenters. The van der Waals surface area contributed by atoms with Crippen molar-refractivity contribution in [1.29, 1.82) is 0 Å². The predicted molar refractivity (Wildman–Crippen MR) is 115 cm³/mol. The molecule has 1 aliphatic heterocycles. The Hall–Kier alpha value is -2.67. The van der Waals surface area contributed by atoms with Gasteiger partial charge in [0.05, 0.1) is 11.8 Å². The van der Waals surface area contributed by atoms with Gasteiger partial charge >= 0.3 is 0 Å². The number of hydrogen-bond donors (Lipinski definition) is 0. The Bertz CT molecular complexity index is 938. The van der Waals surface area contributed by atoms with Crippen molar-refractivity contribution < 1.29 is 4.79 Å². The summed E-state index contributed by atoms with van der Waals surface area (Å²) in [6.45, 7) is 4.35. The highest BCUT2D eigenvalue weighted by Gasteiger charge is 2.25. The molecule has 0 aliphatic carbocycles. The molecule has 1 aromatic carbocycles. The summed E-state index contributed by atoms with van der Waals surface area (Å²) >= 11 is 1.49. The molecule has 29 heavy (non-hydrogen) atoms. The summed E-state index contributed by atoms with van der Waals surface area (Å²) in [7, 11) is 0. The number of amides is 1. The van der Waals surface area contributed by atoms with Gasteiger partial charge in [-0.15, -0.1) is 10.2 Å². The predicted octanol–water partition coefficient (Wildman–Crippen LogP) is 3.88. The Morgan fingerprint density at radius 1 is 1.03 bits per heavy atom. The van der Waals surface area contributed by atoms with E-state index in [2.05, 4.69) is 31.9 Å². The third kappa shape index (κ3) is 4.67. The molecular formula is C22H25N5OS. The first kappa shape index (κ1) is 19.6. The zero-order valence-electron chi connectivity index (χ0n) is 16.6. The number of aromatic nitrogens is 4. The quantitative estimate of drug-likeness (QED) is 0.580. The lowest BCUT2D eigenvalue weighted by atomic mass is 10.1. The van der Waals surface area contributed by atoms with Gasteiger partial charge in [0.15, 0.2) is 11.0 Å². The van der Waals surface area contributed by atoms with Gasteiger partial charge in [0.1, 0.15) is 0 Å². The van der Waals surface area contributed by atoms with E-state index in [1.165, 1.54) is 23.7 Å². The highest BCUT2D eigenvalue weighted by Crippen LogP contribution is 2.29. The van der Waals surface area contributed by atoms with Gasteiger partial charge in [0, 0.05) is 31.0 Å². The van der Waals surface area contributed by atoms with Crippen LogP contribution in [0, 0.1) is 0 Å². The van der Waals surface area contributed by atoms with Crippen LogP contribution in [0.3, 0.4) is 0 Å². The van der Waals surface area contributed by atoms with Crippen LogP contribution in [-0.4, -0.2) is 48.9 Å². The van der Waals surface area contributed by atoms with Crippen LogP contribution in [0.2, 0.25) is 0 Å². The SMILES string of the molecule is C[C@H](Sc1nnc(-c2ccncc2)n1Cc1ccccc1)C(=O)N1CCCCC1. The topological polar surface area (TPSA) is 63.9 Å². The third-order valence-corrected chi connectivity index (χ3v) is 6.20. The van der Waals surface area contributed by atoms with Crippen molar-refractivity contribution >= 4 is 17.7 Å². The number of hydrogen-bond acceptors (Lipinski definition) is 5. The van der Waals surface area contributed by atoms with Crippen molar-refractivity contribution in [3.8, 4) is 11.4 Å². The summed E-state index contributed by atoms with van der Waals surface area (Å²) in [6, 6.07) is 14.1. The minimum atomic E-state index is -0.197. The van der Waals surface area contributed by atoms with Crippen molar-refractivity contribution in [1.82, 2.24) is 24.6 Å². The summed E-state index contributed by atoms with van der Waals surface area (Å²) < 4.78 is 2.09. The molecule has 6 nitrogen and oxygen atoms in total. The summed E-state index contributed by atoms with van der Waals surface area (Å²) in [6.07, 6.45) is 6.92. The highest BCUT2D eigenvalue weighted by atomic mass is 32.2. The maximum Gasteiger partial charge on any atom is 0.235 e. The van der Waals surface area contributed by atoms with E-state index < -0.39 is 0 Å². The van der Waals surface area contributed by atoms with Gasteiger partial charge in [-0.3, -0.25) is 14.3 Å². The molecule has 7 heteroatoms. The molecule has 3 aromatic rings. The number of benzene rings is 1. The summed E-state index contributed by atoms with van der Waals surface area (Å²) in [5.41, 5.74) is 2.13. The molecule has 0 spiro atoms. The zero-order chi connectivity index (χ0) is 20.1. The molecule has 1 saturated heterocycles. The molecule has 150 valence electrons. The number of nitrogens with zero attached hydrogens (tertiary/aromatic N) is 5. The highest BCUT2D eigenvalue weighted by molar-refractivity contribution is 8.00. The van der Waals surface area contributed by atoms with Crippen LogP contribution >= 0.6 is 11.8 Å². The summed E-state index contributed by atoms with van der Waals surface area (Å²) in [5, 5.41) is 9.45. The van der Waals surface area contributed by atoms with E-state index in [4.69, 9.17) is 0 Å². The standard InChI is InChI=1S/C22H25N5OS/c1-17(21(28)26-14-6-3-7-15-26)29-22-25-24-20(19-10-12-23-13-11-19)27(22)16-18-8-4-2-5-9-18/h2,4-5,8-13,17H,3,6-7,14-16H2,1H3/t17-/m0/s1. The first-order valence-electron chi connectivity index (χ1n) is 10.1. The Labute approximate surface area is 175 Å². The van der Waals surface area contributed by atoms with E-state index in [1.807, 2.05) is 42.2 Å². The average Bonchev–Trinajstić information content (AvgIpc) is 3.17. The minimum absolute atomic E-state index is 0.189. The molecule has 1 amide bonds. The number of rotatable bonds is 6. The van der Waals surface area contributed by atoms with Gasteiger partial charge in [0.2, 0.25) is 5.91 Å². The van der Waals surface area contributed by atoms with Gasteiger partial charge in [-0.05, 0) is 43.9 Å². The first-order valence-corrected chi connectivity index (χ1v) is 10.9. The molecule has 0 radical (unpaired) electrons. The molecule has 0 saturated carbocycles. The number of carbonyl (C=O) groups excluding carboxylic acids is 1. The molecule has 1 atom stereocenters. The van der Waals surface area contributed by atoms with Crippen LogP contribution in [0.5, 0.6) is 0 Å². The summed E-state index contributed by atoms with van der Waals surface area (Å²) in [4.78, 5) is 19.0. The van der Waals surface area contributed by atoms with E-state index in [9.17, 15) is 4.79 Å². The van der Waals surface area contributed by atoms with Crippen molar-refractivity contribution in [2.75, 3.05) is 13.1 Å². The lowest BCUT2D eigenvalue weighted by Crippen LogP contribution is -2.40. The molecule has 4 rings (SSSR count). The van der Waals surface area contributed by atoms with Crippen molar-refractivity contribution in [2.45, 2.75) is 43.1 Å². The van der Waals surface area contributed by atoms with Crippen LogP contribution in [0.1, 0.15) is 31.7 Å². The maximum atomic E-state index is 12.9. The third-order valence-electron chi connectivity index (χ3n) is 5.14. The van der Waals surface area contributed by atoms with Crippen molar-refractivity contribution in [3.63, 3.8) is 0 Å². The zero-order valence-corrected chi connectivity index (χ0v) is 17.4. The van der Waals surface area contributed by atoms with Crippen molar-refractivity contribution in [3.05, 3.63) is 60.4 Å². The minimum Gasteiger partial charge on any atom is -0.342 e. The number of thioether (sulfide) groups is 1. The van der Waals surface area contributed by atoms with Crippen LogP contribution < -0.4 is 0 Å². The molecule has 0 N–H and O–H groups in total.